The number of methoxy groups -OCH3 is 2. The smallest absolute Gasteiger partial charge is 0.417 e. The maximum Gasteiger partial charge on any atom is 0.417 e. The van der Waals surface area contributed by atoms with Gasteiger partial charge in [-0.25, -0.2) is 0 Å². The van der Waals surface area contributed by atoms with Gasteiger partial charge in [-0.15, -0.1) is 0 Å². The molecule has 4 rings (SSSR count). The van der Waals surface area contributed by atoms with Crippen molar-refractivity contribution in [2.75, 3.05) is 40.4 Å². The Hall–Kier alpha value is -4.27. The molecule has 0 aromatic heterocycles. The minimum absolute atomic E-state index is 0.000591. The van der Waals surface area contributed by atoms with Crippen molar-refractivity contribution in [2.24, 2.45) is 11.8 Å². The Labute approximate surface area is 283 Å². The number of halogens is 6. The number of carbonyl (C=O) groups is 4. The molecule has 264 valence electrons. The SMILES string of the molecule is COC(=O)[C@@H]1CCCN(C(=O)/C=C/c2ccc(Sc3ccc(/C=C/C(=O)N4CCC[C@@H](C(=O)OC)C4)cc3C(F)(F)F)c(C(F)(F)F)c2)C1. The molecule has 2 saturated heterocycles. The van der Waals surface area contributed by atoms with E-state index in [4.69, 9.17) is 9.47 Å². The maximum atomic E-state index is 14.1. The van der Waals surface area contributed by atoms with E-state index in [1.807, 2.05) is 0 Å². The highest BCUT2D eigenvalue weighted by Gasteiger charge is 2.37. The Morgan fingerprint density at radius 3 is 1.43 bits per heavy atom. The number of ether oxygens (including phenoxy) is 2. The molecule has 2 heterocycles. The number of esters is 2. The lowest BCUT2D eigenvalue weighted by atomic mass is 9.98. The van der Waals surface area contributed by atoms with Crippen LogP contribution in [0.15, 0.2) is 58.3 Å². The largest absolute Gasteiger partial charge is 0.469 e. The number of amides is 2. The van der Waals surface area contributed by atoms with E-state index in [9.17, 15) is 45.5 Å². The van der Waals surface area contributed by atoms with Gasteiger partial charge in [0, 0.05) is 48.1 Å². The van der Waals surface area contributed by atoms with Gasteiger partial charge in [-0.3, -0.25) is 19.2 Å². The number of likely N-dealkylation sites (tertiary alicyclic amines) is 2. The van der Waals surface area contributed by atoms with Crippen LogP contribution >= 0.6 is 11.8 Å². The molecule has 0 unspecified atom stereocenters. The molecule has 2 aliphatic heterocycles. The number of benzene rings is 2. The molecule has 0 N–H and O–H groups in total. The summed E-state index contributed by atoms with van der Waals surface area (Å²) in [4.78, 5) is 51.0. The zero-order valence-corrected chi connectivity index (χ0v) is 27.4. The van der Waals surface area contributed by atoms with Crippen molar-refractivity contribution in [3.8, 4) is 0 Å². The van der Waals surface area contributed by atoms with Crippen LogP contribution in [-0.2, 0) is 41.0 Å². The molecule has 0 bridgehead atoms. The first-order valence-corrected chi connectivity index (χ1v) is 16.1. The average Bonchev–Trinajstić information content (AvgIpc) is 3.08. The van der Waals surface area contributed by atoms with Gasteiger partial charge in [-0.1, -0.05) is 23.9 Å². The summed E-state index contributed by atoms with van der Waals surface area (Å²) in [6.07, 6.45) is -3.14. The average molecular weight is 713 g/mol. The Bertz CT molecular complexity index is 1510. The van der Waals surface area contributed by atoms with Crippen LogP contribution in [0.25, 0.3) is 12.2 Å². The van der Waals surface area contributed by atoms with Gasteiger partial charge in [-0.2, -0.15) is 26.3 Å². The van der Waals surface area contributed by atoms with Gasteiger partial charge in [0.05, 0.1) is 37.2 Å². The maximum absolute atomic E-state index is 14.1. The number of rotatable bonds is 8. The van der Waals surface area contributed by atoms with Crippen LogP contribution in [0.2, 0.25) is 0 Å². The summed E-state index contributed by atoms with van der Waals surface area (Å²) in [6, 6.07) is 6.10. The van der Waals surface area contributed by atoms with E-state index in [-0.39, 0.29) is 24.2 Å². The summed E-state index contributed by atoms with van der Waals surface area (Å²) in [7, 11) is 2.48. The second-order valence-corrected chi connectivity index (χ2v) is 12.7. The van der Waals surface area contributed by atoms with E-state index < -0.39 is 68.9 Å². The topological polar surface area (TPSA) is 93.2 Å². The van der Waals surface area contributed by atoms with Crippen molar-refractivity contribution >= 4 is 47.7 Å². The summed E-state index contributed by atoms with van der Waals surface area (Å²) >= 11 is 0.290. The van der Waals surface area contributed by atoms with Crippen molar-refractivity contribution in [1.82, 2.24) is 9.80 Å². The van der Waals surface area contributed by atoms with Gasteiger partial charge in [0.2, 0.25) is 11.8 Å². The summed E-state index contributed by atoms with van der Waals surface area (Å²) in [5.41, 5.74) is -2.38. The van der Waals surface area contributed by atoms with Crippen LogP contribution in [0.3, 0.4) is 0 Å². The molecule has 2 aliphatic rings. The van der Waals surface area contributed by atoms with Gasteiger partial charge in [0.25, 0.3) is 0 Å². The van der Waals surface area contributed by atoms with Gasteiger partial charge < -0.3 is 19.3 Å². The Morgan fingerprint density at radius 2 is 1.08 bits per heavy atom. The van der Waals surface area contributed by atoms with E-state index in [0.29, 0.717) is 50.5 Å². The van der Waals surface area contributed by atoms with Crippen LogP contribution in [0.4, 0.5) is 26.3 Å². The van der Waals surface area contributed by atoms with Crippen molar-refractivity contribution < 1.29 is 55.0 Å². The van der Waals surface area contributed by atoms with E-state index >= 15 is 0 Å². The summed E-state index contributed by atoms with van der Waals surface area (Å²) in [5.74, 6) is -2.92. The Morgan fingerprint density at radius 1 is 0.694 bits per heavy atom. The molecule has 8 nitrogen and oxygen atoms in total. The number of piperidine rings is 2. The second-order valence-electron chi connectivity index (χ2n) is 11.6. The number of hydrogen-bond donors (Lipinski definition) is 0. The zero-order valence-electron chi connectivity index (χ0n) is 26.6. The van der Waals surface area contributed by atoms with Crippen LogP contribution in [0.5, 0.6) is 0 Å². The lowest BCUT2D eigenvalue weighted by molar-refractivity contribution is -0.149. The standard InChI is InChI=1S/C34H34F6N2O6S/c1-47-31(45)23-5-3-15-41(19-23)29(43)13-9-21-7-11-27(25(17-21)33(35,36)37)49-28-12-8-22(18-26(28)34(38,39)40)10-14-30(44)42-16-4-6-24(20-42)32(46)48-2/h7-14,17-18,23-24H,3-6,15-16,19-20H2,1-2H3/b13-9+,14-10+/t23-,24-/m1/s1. The van der Waals surface area contributed by atoms with Gasteiger partial charge in [0.15, 0.2) is 0 Å². The van der Waals surface area contributed by atoms with Crippen LogP contribution < -0.4 is 0 Å². The lowest BCUT2D eigenvalue weighted by Gasteiger charge is -2.30. The number of hydrogen-bond acceptors (Lipinski definition) is 7. The van der Waals surface area contributed by atoms with E-state index in [1.165, 1.54) is 48.3 Å². The van der Waals surface area contributed by atoms with Crippen LogP contribution in [0.1, 0.15) is 47.9 Å². The van der Waals surface area contributed by atoms with E-state index in [1.54, 1.807) is 0 Å². The Kier molecular flexibility index (Phi) is 12.2. The predicted octanol–water partition coefficient (Wildman–Crippen LogP) is 6.73. The molecule has 0 radical (unpaired) electrons. The summed E-state index contributed by atoms with van der Waals surface area (Å²) in [6.45, 7) is 0.952. The molecular formula is C34H34F6N2O6S. The quantitative estimate of drug-likeness (QED) is 0.170. The first kappa shape index (κ1) is 37.5. The molecular weight excluding hydrogens is 678 g/mol. The molecule has 0 saturated carbocycles. The lowest BCUT2D eigenvalue weighted by Crippen LogP contribution is -2.41. The monoisotopic (exact) mass is 712 g/mol. The summed E-state index contributed by atoms with van der Waals surface area (Å²) in [5, 5.41) is 0. The molecule has 2 aromatic carbocycles. The number of nitrogens with zero attached hydrogens (tertiary/aromatic N) is 2. The molecule has 2 atom stereocenters. The van der Waals surface area contributed by atoms with Crippen molar-refractivity contribution in [2.45, 2.75) is 47.8 Å². The fourth-order valence-electron chi connectivity index (χ4n) is 5.66. The first-order chi connectivity index (χ1) is 23.1. The minimum Gasteiger partial charge on any atom is -0.469 e. The van der Waals surface area contributed by atoms with Gasteiger partial charge in [-0.05, 0) is 73.2 Å². The second kappa shape index (κ2) is 16.0. The van der Waals surface area contributed by atoms with Gasteiger partial charge in [0.1, 0.15) is 0 Å². The van der Waals surface area contributed by atoms with Crippen LogP contribution in [-0.4, -0.2) is 74.0 Å². The third-order valence-corrected chi connectivity index (χ3v) is 9.36. The highest BCUT2D eigenvalue weighted by molar-refractivity contribution is 7.99. The molecule has 49 heavy (non-hydrogen) atoms. The first-order valence-electron chi connectivity index (χ1n) is 15.3. The van der Waals surface area contributed by atoms with E-state index in [2.05, 4.69) is 0 Å². The highest BCUT2D eigenvalue weighted by atomic mass is 32.2. The third kappa shape index (κ3) is 9.89. The van der Waals surface area contributed by atoms with Crippen molar-refractivity contribution in [3.05, 3.63) is 70.8 Å². The normalized spacial score (nSPS) is 18.9. The molecule has 0 aliphatic carbocycles. The zero-order chi connectivity index (χ0) is 35.9. The molecule has 2 aromatic rings. The fraction of sp³-hybridized carbons (Fsp3) is 0.412. The molecule has 15 heteroatoms. The predicted molar refractivity (Wildman–Crippen MR) is 168 cm³/mol. The molecule has 2 fully saturated rings. The summed E-state index contributed by atoms with van der Waals surface area (Å²) < 4.78 is 94.3. The fourth-order valence-corrected chi connectivity index (χ4v) is 6.74. The van der Waals surface area contributed by atoms with Crippen molar-refractivity contribution in [1.29, 1.82) is 0 Å². The van der Waals surface area contributed by atoms with Gasteiger partial charge >= 0.3 is 24.3 Å². The minimum atomic E-state index is -4.93. The molecule has 2 amide bonds. The number of carbonyl (C=O) groups excluding carboxylic acids is 4. The number of alkyl halides is 6. The third-order valence-electron chi connectivity index (χ3n) is 8.21. The Balaban J connectivity index is 1.53. The molecule has 0 spiro atoms. The van der Waals surface area contributed by atoms with E-state index in [0.717, 1.165) is 36.4 Å². The van der Waals surface area contributed by atoms with Crippen molar-refractivity contribution in [3.63, 3.8) is 0 Å². The van der Waals surface area contributed by atoms with Crippen LogP contribution in [0, 0.1) is 11.8 Å². The highest BCUT2D eigenvalue weighted by Crippen LogP contribution is 2.44.